The molecule has 0 atom stereocenters. The Balaban J connectivity index is 2.87. The quantitative estimate of drug-likeness (QED) is 0.469. The zero-order valence-corrected chi connectivity index (χ0v) is 8.65. The molecule has 0 unspecified atom stereocenters. The zero-order valence-electron chi connectivity index (χ0n) is 7.89. The third-order valence-corrected chi connectivity index (χ3v) is 1.85. The first-order valence-electron chi connectivity index (χ1n) is 4.07. The molecular weight excluding hydrogens is 271 g/mol. The third-order valence-electron chi connectivity index (χ3n) is 1.62. The van der Waals surface area contributed by atoms with Crippen molar-refractivity contribution in [2.45, 2.75) is 12.1 Å². The first-order chi connectivity index (χ1) is 7.64. The third kappa shape index (κ3) is 3.06. The van der Waals surface area contributed by atoms with Crippen LogP contribution in [0, 0.1) is 0 Å². The molecule has 0 heterocycles. The van der Waals surface area contributed by atoms with Crippen molar-refractivity contribution in [3.63, 3.8) is 0 Å². The summed E-state index contributed by atoms with van der Waals surface area (Å²) in [6.45, 7) is 0. The van der Waals surface area contributed by atoms with Gasteiger partial charge in [-0.15, -0.1) is 0 Å². The van der Waals surface area contributed by atoms with E-state index in [1.165, 1.54) is 12.1 Å². The minimum absolute atomic E-state index is 0.0330. The van der Waals surface area contributed by atoms with E-state index in [9.17, 15) is 26.7 Å². The predicted molar refractivity (Wildman–Crippen MR) is 48.1 cm³/mol. The van der Waals surface area contributed by atoms with E-state index in [1.54, 1.807) is 0 Å². The summed E-state index contributed by atoms with van der Waals surface area (Å²) in [7, 11) is 0. The standard InChI is InChI=1S/C9H4ClF5O2/c10-5-2-1-3-6(4-5)17-7(16)8(11,12)9(13,14)15/h1-4H. The Bertz CT molecular complexity index is 430. The van der Waals surface area contributed by atoms with Gasteiger partial charge in [-0.3, -0.25) is 0 Å². The maximum Gasteiger partial charge on any atom is 0.465 e. The lowest BCUT2D eigenvalue weighted by Gasteiger charge is -2.17. The topological polar surface area (TPSA) is 26.3 Å². The highest BCUT2D eigenvalue weighted by molar-refractivity contribution is 6.30. The molecule has 1 rings (SSSR count). The molecule has 0 saturated heterocycles. The highest BCUT2D eigenvalue weighted by Crippen LogP contribution is 2.36. The van der Waals surface area contributed by atoms with Crippen LogP contribution in [0.2, 0.25) is 5.02 Å². The summed E-state index contributed by atoms with van der Waals surface area (Å²) in [6, 6.07) is 4.53. The molecule has 0 amide bonds. The van der Waals surface area contributed by atoms with E-state index in [0.717, 1.165) is 12.1 Å². The number of benzene rings is 1. The molecule has 1 aromatic rings. The van der Waals surface area contributed by atoms with Crippen LogP contribution in [0.5, 0.6) is 5.75 Å². The zero-order chi connectivity index (χ0) is 13.3. The van der Waals surface area contributed by atoms with E-state index in [0.29, 0.717) is 0 Å². The summed E-state index contributed by atoms with van der Waals surface area (Å²) in [5, 5.41) is 0.0330. The highest BCUT2D eigenvalue weighted by Gasteiger charge is 2.65. The molecule has 1 aromatic carbocycles. The van der Waals surface area contributed by atoms with E-state index in [4.69, 9.17) is 11.6 Å². The molecule has 8 heteroatoms. The molecule has 0 aliphatic rings. The van der Waals surface area contributed by atoms with E-state index >= 15 is 0 Å². The first kappa shape index (κ1) is 13.7. The Morgan fingerprint density at radius 3 is 2.24 bits per heavy atom. The lowest BCUT2D eigenvalue weighted by atomic mass is 10.3. The van der Waals surface area contributed by atoms with Gasteiger partial charge in [-0.1, -0.05) is 17.7 Å². The minimum Gasteiger partial charge on any atom is -0.422 e. The summed E-state index contributed by atoms with van der Waals surface area (Å²) in [4.78, 5) is 10.7. The van der Waals surface area contributed by atoms with Crippen LogP contribution in [0.4, 0.5) is 22.0 Å². The largest absolute Gasteiger partial charge is 0.465 e. The molecule has 0 bridgehead atoms. The fourth-order valence-corrected chi connectivity index (χ4v) is 0.998. The van der Waals surface area contributed by atoms with Gasteiger partial charge in [0, 0.05) is 5.02 Å². The van der Waals surface area contributed by atoms with Gasteiger partial charge >= 0.3 is 18.1 Å². The van der Waals surface area contributed by atoms with Crippen molar-refractivity contribution in [2.24, 2.45) is 0 Å². The highest BCUT2D eigenvalue weighted by atomic mass is 35.5. The normalized spacial score (nSPS) is 12.4. The molecule has 0 saturated carbocycles. The van der Waals surface area contributed by atoms with Gasteiger partial charge in [-0.05, 0) is 18.2 Å². The number of carbonyl (C=O) groups is 1. The second-order valence-corrected chi connectivity index (χ2v) is 3.36. The molecule has 94 valence electrons. The van der Waals surface area contributed by atoms with Crippen LogP contribution in [-0.4, -0.2) is 18.1 Å². The van der Waals surface area contributed by atoms with Crippen molar-refractivity contribution in [3.05, 3.63) is 29.3 Å². The molecule has 0 aromatic heterocycles. The van der Waals surface area contributed by atoms with Gasteiger partial charge < -0.3 is 4.74 Å². The maximum atomic E-state index is 12.5. The van der Waals surface area contributed by atoms with Crippen LogP contribution in [0.1, 0.15) is 0 Å². The number of hydrogen-bond donors (Lipinski definition) is 0. The van der Waals surface area contributed by atoms with Gasteiger partial charge in [0.2, 0.25) is 0 Å². The Kier molecular flexibility index (Phi) is 3.61. The molecule has 17 heavy (non-hydrogen) atoms. The molecular formula is C9H4ClF5O2. The molecule has 0 aliphatic heterocycles. The van der Waals surface area contributed by atoms with E-state index < -0.39 is 23.8 Å². The van der Waals surface area contributed by atoms with Crippen LogP contribution in [-0.2, 0) is 4.79 Å². The number of ether oxygens (including phenoxy) is 1. The number of esters is 1. The maximum absolute atomic E-state index is 12.5. The van der Waals surface area contributed by atoms with E-state index in [2.05, 4.69) is 4.74 Å². The van der Waals surface area contributed by atoms with Crippen molar-refractivity contribution in [2.75, 3.05) is 0 Å². The summed E-state index contributed by atoms with van der Waals surface area (Å²) >= 11 is 5.43. The van der Waals surface area contributed by atoms with Gasteiger partial charge in [0.05, 0.1) is 0 Å². The molecule has 0 aliphatic carbocycles. The summed E-state index contributed by atoms with van der Waals surface area (Å²) in [6.07, 6.45) is -6.00. The fraction of sp³-hybridized carbons (Fsp3) is 0.222. The average Bonchev–Trinajstić information content (AvgIpc) is 2.15. The number of halogens is 6. The van der Waals surface area contributed by atoms with Crippen molar-refractivity contribution in [3.8, 4) is 5.75 Å². The van der Waals surface area contributed by atoms with Crippen molar-refractivity contribution >= 4 is 17.6 Å². The molecule has 2 nitrogen and oxygen atoms in total. The molecule has 0 spiro atoms. The fourth-order valence-electron chi connectivity index (χ4n) is 0.817. The molecule has 0 N–H and O–H groups in total. The van der Waals surface area contributed by atoms with Crippen LogP contribution < -0.4 is 4.74 Å². The van der Waals surface area contributed by atoms with Gasteiger partial charge in [0.15, 0.2) is 0 Å². The minimum atomic E-state index is -6.00. The van der Waals surface area contributed by atoms with Gasteiger partial charge in [0.25, 0.3) is 0 Å². The van der Waals surface area contributed by atoms with Gasteiger partial charge in [0.1, 0.15) is 5.75 Å². The SMILES string of the molecule is O=C(Oc1cccc(Cl)c1)C(F)(F)C(F)(F)F. The monoisotopic (exact) mass is 274 g/mol. The second-order valence-electron chi connectivity index (χ2n) is 2.92. The van der Waals surface area contributed by atoms with Crippen LogP contribution in [0.25, 0.3) is 0 Å². The van der Waals surface area contributed by atoms with Crippen LogP contribution in [0.15, 0.2) is 24.3 Å². The Morgan fingerprint density at radius 1 is 1.18 bits per heavy atom. The second kappa shape index (κ2) is 4.48. The summed E-state index contributed by atoms with van der Waals surface area (Å²) < 4.78 is 64.2. The first-order valence-corrected chi connectivity index (χ1v) is 4.45. The molecule has 0 fully saturated rings. The predicted octanol–water partition coefficient (Wildman–Crippen LogP) is 3.44. The lowest BCUT2D eigenvalue weighted by molar-refractivity contribution is -0.276. The Labute approximate surface area is 96.9 Å². The van der Waals surface area contributed by atoms with Gasteiger partial charge in [-0.2, -0.15) is 22.0 Å². The number of alkyl halides is 5. The number of rotatable bonds is 2. The van der Waals surface area contributed by atoms with Crippen LogP contribution in [0.3, 0.4) is 0 Å². The summed E-state index contributed by atoms with van der Waals surface area (Å²) in [5.74, 6) is -8.76. The van der Waals surface area contributed by atoms with E-state index in [1.807, 2.05) is 0 Å². The molecule has 0 radical (unpaired) electrons. The van der Waals surface area contributed by atoms with Crippen LogP contribution >= 0.6 is 11.6 Å². The summed E-state index contributed by atoms with van der Waals surface area (Å²) in [5.41, 5.74) is 0. The van der Waals surface area contributed by atoms with Crippen molar-refractivity contribution < 1.29 is 31.5 Å². The average molecular weight is 275 g/mol. The smallest absolute Gasteiger partial charge is 0.422 e. The van der Waals surface area contributed by atoms with Gasteiger partial charge in [-0.25, -0.2) is 4.79 Å². The Morgan fingerprint density at radius 2 is 1.76 bits per heavy atom. The number of carbonyl (C=O) groups excluding carboxylic acids is 1. The van der Waals surface area contributed by atoms with E-state index in [-0.39, 0.29) is 5.02 Å². The lowest BCUT2D eigenvalue weighted by Crippen LogP contribution is -2.46. The Hall–Kier alpha value is -1.37. The number of hydrogen-bond acceptors (Lipinski definition) is 2. The van der Waals surface area contributed by atoms with Crippen molar-refractivity contribution in [1.82, 2.24) is 0 Å². The van der Waals surface area contributed by atoms with Crippen molar-refractivity contribution in [1.29, 1.82) is 0 Å².